The lowest BCUT2D eigenvalue weighted by Gasteiger charge is -2.37. The van der Waals surface area contributed by atoms with Crippen LogP contribution in [0, 0.1) is 11.6 Å². The Balaban J connectivity index is 2.47. The van der Waals surface area contributed by atoms with Gasteiger partial charge < -0.3 is 5.32 Å². The van der Waals surface area contributed by atoms with Gasteiger partial charge in [-0.05, 0) is 41.9 Å². The van der Waals surface area contributed by atoms with E-state index >= 15 is 0 Å². The molecule has 0 spiro atoms. The minimum absolute atomic E-state index is 0.0538. The number of hydrogen-bond acceptors (Lipinski definition) is 3. The van der Waals surface area contributed by atoms with Gasteiger partial charge in [-0.2, -0.15) is 4.31 Å². The van der Waals surface area contributed by atoms with E-state index in [1.165, 1.54) is 4.31 Å². The van der Waals surface area contributed by atoms with Crippen LogP contribution in [0.5, 0.6) is 0 Å². The zero-order valence-corrected chi connectivity index (χ0v) is 13.4. The van der Waals surface area contributed by atoms with Crippen molar-refractivity contribution >= 4 is 26.0 Å². The van der Waals surface area contributed by atoms with E-state index in [2.05, 4.69) is 21.2 Å². The molecule has 2 atom stereocenters. The summed E-state index contributed by atoms with van der Waals surface area (Å²) in [7, 11) is -4.06. The smallest absolute Gasteiger partial charge is 0.246 e. The van der Waals surface area contributed by atoms with Gasteiger partial charge in [-0.1, -0.05) is 0 Å². The summed E-state index contributed by atoms with van der Waals surface area (Å²) < 4.78 is 53.5. The molecule has 1 aromatic carbocycles. The molecule has 0 bridgehead atoms. The van der Waals surface area contributed by atoms with Gasteiger partial charge in [-0.25, -0.2) is 17.2 Å². The average molecular weight is 369 g/mol. The molecule has 0 radical (unpaired) electrons. The highest BCUT2D eigenvalue weighted by Gasteiger charge is 2.36. The largest absolute Gasteiger partial charge is 0.311 e. The van der Waals surface area contributed by atoms with Gasteiger partial charge in [0, 0.05) is 25.2 Å². The maximum absolute atomic E-state index is 13.9. The van der Waals surface area contributed by atoms with Crippen molar-refractivity contribution < 1.29 is 17.2 Å². The van der Waals surface area contributed by atoms with Crippen molar-refractivity contribution in [3.05, 3.63) is 28.2 Å². The summed E-state index contributed by atoms with van der Waals surface area (Å²) in [5.41, 5.74) is 0. The second kappa shape index (κ2) is 5.67. The molecule has 2 rings (SSSR count). The summed E-state index contributed by atoms with van der Waals surface area (Å²) >= 11 is 2.83. The quantitative estimate of drug-likeness (QED) is 0.813. The van der Waals surface area contributed by atoms with E-state index in [0.29, 0.717) is 12.6 Å². The minimum Gasteiger partial charge on any atom is -0.311 e. The third-order valence-electron chi connectivity index (χ3n) is 3.54. The highest BCUT2D eigenvalue weighted by Crippen LogP contribution is 2.27. The maximum Gasteiger partial charge on any atom is 0.246 e. The standard InChI is InChI=1S/C12H15BrF2N2O2S/c1-7-8(2)17(4-3-16-7)20(18,19)12-6-10(14)9(13)5-11(12)15/h5-8,16H,3-4H2,1-2H3. The Morgan fingerprint density at radius 1 is 1.30 bits per heavy atom. The van der Waals surface area contributed by atoms with E-state index in [-0.39, 0.29) is 23.1 Å². The summed E-state index contributed by atoms with van der Waals surface area (Å²) in [4.78, 5) is -0.626. The molecular formula is C12H15BrF2N2O2S. The molecule has 1 aliphatic rings. The highest BCUT2D eigenvalue weighted by atomic mass is 79.9. The van der Waals surface area contributed by atoms with Crippen LogP contribution >= 0.6 is 15.9 Å². The number of nitrogens with zero attached hydrogens (tertiary/aromatic N) is 1. The molecule has 4 nitrogen and oxygen atoms in total. The van der Waals surface area contributed by atoms with Crippen LogP contribution in [0.15, 0.2) is 21.5 Å². The van der Waals surface area contributed by atoms with Crippen LogP contribution in [0.1, 0.15) is 13.8 Å². The molecule has 1 N–H and O–H groups in total. The van der Waals surface area contributed by atoms with E-state index < -0.39 is 26.6 Å². The molecule has 8 heteroatoms. The second-order valence-corrected chi connectivity index (χ2v) is 7.51. The van der Waals surface area contributed by atoms with Crippen molar-refractivity contribution in [1.82, 2.24) is 9.62 Å². The summed E-state index contributed by atoms with van der Waals surface area (Å²) in [6, 6.07) is 1.16. The lowest BCUT2D eigenvalue weighted by Crippen LogP contribution is -2.57. The van der Waals surface area contributed by atoms with Crippen molar-refractivity contribution in [1.29, 1.82) is 0 Å². The van der Waals surface area contributed by atoms with Gasteiger partial charge in [0.1, 0.15) is 16.5 Å². The van der Waals surface area contributed by atoms with Crippen LogP contribution in [0.4, 0.5) is 8.78 Å². The molecule has 2 unspecified atom stereocenters. The van der Waals surface area contributed by atoms with Gasteiger partial charge in [0.25, 0.3) is 0 Å². The predicted octanol–water partition coefficient (Wildman–Crippen LogP) is 2.10. The number of rotatable bonds is 2. The fourth-order valence-electron chi connectivity index (χ4n) is 2.19. The third-order valence-corrected chi connectivity index (χ3v) is 6.15. The van der Waals surface area contributed by atoms with Crippen LogP contribution in [0.25, 0.3) is 0 Å². The summed E-state index contributed by atoms with van der Waals surface area (Å²) in [5, 5.41) is 3.14. The first kappa shape index (κ1) is 15.8. The molecule has 1 fully saturated rings. The van der Waals surface area contributed by atoms with Gasteiger partial charge in [0.05, 0.1) is 4.47 Å². The molecule has 112 valence electrons. The topological polar surface area (TPSA) is 49.4 Å². The molecule has 0 saturated carbocycles. The zero-order chi connectivity index (χ0) is 15.1. The first-order valence-electron chi connectivity index (χ1n) is 6.15. The van der Waals surface area contributed by atoms with Crippen LogP contribution < -0.4 is 5.32 Å². The number of halogens is 3. The normalized spacial score (nSPS) is 24.9. The van der Waals surface area contributed by atoms with Gasteiger partial charge in [-0.15, -0.1) is 0 Å². The molecule has 20 heavy (non-hydrogen) atoms. The van der Waals surface area contributed by atoms with E-state index in [1.54, 1.807) is 6.92 Å². The lowest BCUT2D eigenvalue weighted by molar-refractivity contribution is 0.232. The summed E-state index contributed by atoms with van der Waals surface area (Å²) in [6.07, 6.45) is 0. The molecule has 1 aliphatic heterocycles. The summed E-state index contributed by atoms with van der Waals surface area (Å²) in [5.74, 6) is -1.77. The van der Waals surface area contributed by atoms with E-state index in [0.717, 1.165) is 6.07 Å². The monoisotopic (exact) mass is 368 g/mol. The van der Waals surface area contributed by atoms with Gasteiger partial charge >= 0.3 is 0 Å². The molecule has 0 amide bonds. The van der Waals surface area contributed by atoms with E-state index in [9.17, 15) is 17.2 Å². The molecule has 0 aliphatic carbocycles. The van der Waals surface area contributed by atoms with E-state index in [1.807, 2.05) is 6.92 Å². The number of benzene rings is 1. The maximum atomic E-state index is 13.9. The van der Waals surface area contributed by atoms with Gasteiger partial charge in [0.2, 0.25) is 10.0 Å². The molecule has 0 aromatic heterocycles. The SMILES string of the molecule is CC1NCCN(S(=O)(=O)c2cc(F)c(Br)cc2F)C1C. The van der Waals surface area contributed by atoms with Crippen LogP contribution in [-0.2, 0) is 10.0 Å². The second-order valence-electron chi connectivity index (χ2n) is 4.80. The van der Waals surface area contributed by atoms with Gasteiger partial charge in [0.15, 0.2) is 0 Å². The molecule has 1 saturated heterocycles. The van der Waals surface area contributed by atoms with Crippen molar-refractivity contribution in [2.24, 2.45) is 0 Å². The first-order valence-corrected chi connectivity index (χ1v) is 8.38. The lowest BCUT2D eigenvalue weighted by atomic mass is 10.1. The Hall–Kier alpha value is -0.570. The minimum atomic E-state index is -4.06. The van der Waals surface area contributed by atoms with Crippen molar-refractivity contribution in [2.45, 2.75) is 30.8 Å². The number of nitrogens with one attached hydrogen (secondary N) is 1. The zero-order valence-electron chi connectivity index (χ0n) is 11.0. The Kier molecular flexibility index (Phi) is 4.48. The van der Waals surface area contributed by atoms with Crippen molar-refractivity contribution in [3.8, 4) is 0 Å². The van der Waals surface area contributed by atoms with Crippen LogP contribution in [0.3, 0.4) is 0 Å². The molecule has 1 heterocycles. The predicted molar refractivity (Wildman–Crippen MR) is 74.9 cm³/mol. The fourth-order valence-corrected chi connectivity index (χ4v) is 4.27. The van der Waals surface area contributed by atoms with Crippen molar-refractivity contribution in [3.63, 3.8) is 0 Å². The van der Waals surface area contributed by atoms with Crippen LogP contribution in [-0.4, -0.2) is 37.9 Å². The Bertz CT molecular complexity index is 624. The Morgan fingerprint density at radius 2 is 1.95 bits per heavy atom. The number of piperazine rings is 1. The van der Waals surface area contributed by atoms with Crippen LogP contribution in [0.2, 0.25) is 0 Å². The molecular weight excluding hydrogens is 354 g/mol. The summed E-state index contributed by atoms with van der Waals surface area (Å²) in [6.45, 7) is 4.29. The fraction of sp³-hybridized carbons (Fsp3) is 0.500. The first-order chi connectivity index (χ1) is 9.25. The Morgan fingerprint density at radius 3 is 2.60 bits per heavy atom. The number of hydrogen-bond donors (Lipinski definition) is 1. The van der Waals surface area contributed by atoms with Crippen molar-refractivity contribution in [2.75, 3.05) is 13.1 Å². The molecule has 1 aromatic rings. The average Bonchev–Trinajstić information content (AvgIpc) is 2.36. The van der Waals surface area contributed by atoms with E-state index in [4.69, 9.17) is 0 Å². The Labute approximate surface area is 125 Å². The van der Waals surface area contributed by atoms with Gasteiger partial charge in [-0.3, -0.25) is 0 Å². The number of sulfonamides is 1. The highest BCUT2D eigenvalue weighted by molar-refractivity contribution is 9.10. The third kappa shape index (κ3) is 2.74.